The van der Waals surface area contributed by atoms with E-state index >= 15 is 0 Å². The molecule has 0 aliphatic carbocycles. The minimum atomic E-state index is -1.07. The average Bonchev–Trinajstić information content (AvgIpc) is 2.77. The summed E-state index contributed by atoms with van der Waals surface area (Å²) in [5, 5.41) is 19.8. The van der Waals surface area contributed by atoms with Crippen LogP contribution in [0.2, 0.25) is 0 Å². The predicted octanol–water partition coefficient (Wildman–Crippen LogP) is 0.319. The number of primary amides is 1. The van der Waals surface area contributed by atoms with Gasteiger partial charge in [0.1, 0.15) is 5.82 Å². The van der Waals surface area contributed by atoms with E-state index in [4.69, 9.17) is 15.9 Å². The first-order valence-electron chi connectivity index (χ1n) is 9.47. The van der Waals surface area contributed by atoms with Crippen LogP contribution in [0.3, 0.4) is 0 Å². The smallest absolute Gasteiger partial charge is 0.303 e. The van der Waals surface area contributed by atoms with E-state index in [0.29, 0.717) is 16.7 Å². The Morgan fingerprint density at radius 3 is 2.30 bits per heavy atom. The maximum Gasteiger partial charge on any atom is 0.303 e. The third-order valence-corrected chi connectivity index (χ3v) is 4.06. The number of pyridine rings is 2. The number of nitrogens with two attached hydrogens (primary N) is 1. The minimum absolute atomic E-state index is 0.0608. The summed E-state index contributed by atoms with van der Waals surface area (Å²) in [6, 6.07) is 2.94. The largest absolute Gasteiger partial charge is 0.481 e. The fourth-order valence-corrected chi connectivity index (χ4v) is 2.52. The van der Waals surface area contributed by atoms with Crippen molar-refractivity contribution in [2.24, 2.45) is 5.73 Å². The fraction of sp³-hybridized carbons (Fsp3) is 0.200. The number of hydrogen-bond donors (Lipinski definition) is 5. The van der Waals surface area contributed by atoms with E-state index in [-0.39, 0.29) is 42.5 Å². The van der Waals surface area contributed by atoms with Crippen molar-refractivity contribution < 1.29 is 29.4 Å². The molecule has 13 heteroatoms. The Kier molecular flexibility index (Phi) is 8.67. The van der Waals surface area contributed by atoms with Crippen molar-refractivity contribution in [2.75, 3.05) is 5.32 Å². The summed E-state index contributed by atoms with van der Waals surface area (Å²) in [4.78, 5) is 68.9. The number of aromatic nitrogens is 4. The van der Waals surface area contributed by atoms with Gasteiger partial charge in [-0.1, -0.05) is 0 Å². The first-order chi connectivity index (χ1) is 15.7. The third kappa shape index (κ3) is 7.82. The van der Waals surface area contributed by atoms with Crippen LogP contribution in [0.1, 0.15) is 35.4 Å². The molecule has 3 rings (SSSR count). The molecular weight excluding hydrogens is 436 g/mol. The molecule has 0 saturated heterocycles. The monoisotopic (exact) mass is 456 g/mol. The molecule has 0 aliphatic rings. The van der Waals surface area contributed by atoms with Crippen LogP contribution in [0, 0.1) is 0 Å². The Morgan fingerprint density at radius 2 is 1.64 bits per heavy atom. The number of anilines is 1. The second kappa shape index (κ2) is 11.6. The van der Waals surface area contributed by atoms with Crippen LogP contribution in [0.4, 0.5) is 5.69 Å². The number of H-pyrrole nitrogens is 1. The molecule has 0 fully saturated rings. The van der Waals surface area contributed by atoms with Gasteiger partial charge in [0.05, 0.1) is 47.4 Å². The lowest BCUT2D eigenvalue weighted by molar-refractivity contribution is -0.138. The fourth-order valence-electron chi connectivity index (χ4n) is 2.52. The number of carbonyl (C=O) groups excluding carboxylic acids is 2. The number of aromatic amines is 1. The molecule has 3 aromatic heterocycles. The standard InChI is InChI=1S/C10H11N3O4.C10H9N3O3/c11-10(17)6-3-4-12-5-7(6)13-8(14)1-2-9(15)16;14-9(15)2-1-8-12-7-5-11-4-3-6(7)10(16)13-8/h3-5H,1-2H2,(H2,11,17)(H,13,14)(H,15,16);3-5H,1-2H2,(H,14,15)(H,12,13,16). The SMILES string of the molecule is NC(=O)c1ccncc1NC(=O)CCC(=O)O.O=C(O)CCc1nc2cnccc2c(=O)[nH]1. The number of nitrogens with one attached hydrogen (secondary N) is 2. The van der Waals surface area contributed by atoms with Gasteiger partial charge in [0.25, 0.3) is 11.5 Å². The van der Waals surface area contributed by atoms with Crippen molar-refractivity contribution in [1.82, 2.24) is 19.9 Å². The number of carboxylic acid groups (broad SMARTS) is 2. The number of aliphatic carboxylic acids is 2. The molecule has 2 amide bonds. The van der Waals surface area contributed by atoms with Crippen molar-refractivity contribution >= 4 is 40.3 Å². The Morgan fingerprint density at radius 1 is 0.970 bits per heavy atom. The third-order valence-electron chi connectivity index (χ3n) is 4.06. The van der Waals surface area contributed by atoms with E-state index in [9.17, 15) is 24.0 Å². The summed E-state index contributed by atoms with van der Waals surface area (Å²) < 4.78 is 0. The van der Waals surface area contributed by atoms with Crippen molar-refractivity contribution in [3.8, 4) is 0 Å². The van der Waals surface area contributed by atoms with E-state index in [1.807, 2.05) is 0 Å². The van der Waals surface area contributed by atoms with E-state index in [2.05, 4.69) is 25.3 Å². The lowest BCUT2D eigenvalue weighted by Gasteiger charge is -2.07. The molecule has 3 aromatic rings. The molecule has 6 N–H and O–H groups in total. The van der Waals surface area contributed by atoms with Gasteiger partial charge < -0.3 is 26.2 Å². The Hall–Kier alpha value is -4.68. The number of carbonyl (C=O) groups is 4. The van der Waals surface area contributed by atoms with Gasteiger partial charge in [0.2, 0.25) is 5.91 Å². The number of fused-ring (bicyclic) bond motifs is 1. The summed E-state index contributed by atoms with van der Waals surface area (Å²) >= 11 is 0. The number of rotatable bonds is 8. The van der Waals surface area contributed by atoms with Crippen LogP contribution in [-0.4, -0.2) is 53.9 Å². The quantitative estimate of drug-likeness (QED) is 0.312. The highest BCUT2D eigenvalue weighted by Gasteiger charge is 2.11. The molecular formula is C20H20N6O7. The maximum absolute atomic E-state index is 11.6. The number of hydrogen-bond acceptors (Lipinski definition) is 8. The van der Waals surface area contributed by atoms with E-state index in [1.54, 1.807) is 6.07 Å². The second-order valence-corrected chi connectivity index (χ2v) is 6.53. The molecule has 0 unspecified atom stereocenters. The summed E-state index contributed by atoms with van der Waals surface area (Å²) in [7, 11) is 0. The molecule has 0 radical (unpaired) electrons. The molecule has 0 spiro atoms. The summed E-state index contributed by atoms with van der Waals surface area (Å²) in [5.74, 6) is -2.83. The average molecular weight is 456 g/mol. The van der Waals surface area contributed by atoms with Gasteiger partial charge in [-0.15, -0.1) is 0 Å². The molecule has 3 heterocycles. The Labute approximate surface area is 185 Å². The molecule has 0 aliphatic heterocycles. The van der Waals surface area contributed by atoms with Crippen LogP contribution in [-0.2, 0) is 20.8 Å². The van der Waals surface area contributed by atoms with Crippen LogP contribution >= 0.6 is 0 Å². The highest BCUT2D eigenvalue weighted by Crippen LogP contribution is 2.13. The molecule has 0 aromatic carbocycles. The van der Waals surface area contributed by atoms with Crippen LogP contribution in [0.5, 0.6) is 0 Å². The lowest BCUT2D eigenvalue weighted by atomic mass is 10.2. The minimum Gasteiger partial charge on any atom is -0.481 e. The van der Waals surface area contributed by atoms with Gasteiger partial charge >= 0.3 is 11.9 Å². The number of nitrogens with zero attached hydrogens (tertiary/aromatic N) is 3. The number of aryl methyl sites for hydroxylation is 1. The van der Waals surface area contributed by atoms with Gasteiger partial charge in [-0.2, -0.15) is 0 Å². The number of amides is 2. The van der Waals surface area contributed by atoms with Crippen LogP contribution < -0.4 is 16.6 Å². The highest BCUT2D eigenvalue weighted by atomic mass is 16.4. The zero-order valence-corrected chi connectivity index (χ0v) is 17.1. The van der Waals surface area contributed by atoms with E-state index < -0.39 is 23.8 Å². The molecule has 0 bridgehead atoms. The summed E-state index contributed by atoms with van der Waals surface area (Å²) in [6.45, 7) is 0. The topological polar surface area (TPSA) is 218 Å². The maximum atomic E-state index is 11.6. The van der Waals surface area contributed by atoms with Crippen molar-refractivity contribution in [3.05, 3.63) is 58.7 Å². The van der Waals surface area contributed by atoms with Gasteiger partial charge in [-0.25, -0.2) is 4.98 Å². The Bertz CT molecular complexity index is 1240. The van der Waals surface area contributed by atoms with Gasteiger partial charge in [-0.05, 0) is 12.1 Å². The van der Waals surface area contributed by atoms with Crippen LogP contribution in [0.15, 0.2) is 41.7 Å². The van der Waals surface area contributed by atoms with E-state index in [0.717, 1.165) is 0 Å². The highest BCUT2D eigenvalue weighted by molar-refractivity contribution is 6.03. The number of carboxylic acids is 2. The zero-order chi connectivity index (χ0) is 24.4. The predicted molar refractivity (Wildman–Crippen MR) is 114 cm³/mol. The first kappa shape index (κ1) is 24.6. The lowest BCUT2D eigenvalue weighted by Crippen LogP contribution is -2.18. The van der Waals surface area contributed by atoms with E-state index in [1.165, 1.54) is 30.9 Å². The van der Waals surface area contributed by atoms with Gasteiger partial charge in [0, 0.05) is 25.2 Å². The molecule has 0 atom stereocenters. The van der Waals surface area contributed by atoms with Gasteiger partial charge in [-0.3, -0.25) is 33.9 Å². The van der Waals surface area contributed by atoms with Crippen molar-refractivity contribution in [1.29, 1.82) is 0 Å². The molecule has 0 saturated carbocycles. The zero-order valence-electron chi connectivity index (χ0n) is 17.1. The van der Waals surface area contributed by atoms with Gasteiger partial charge in [0.15, 0.2) is 0 Å². The molecule has 33 heavy (non-hydrogen) atoms. The summed E-state index contributed by atoms with van der Waals surface area (Å²) in [5.41, 5.74) is 5.61. The first-order valence-corrected chi connectivity index (χ1v) is 9.47. The molecule has 172 valence electrons. The normalized spacial score (nSPS) is 10.1. The second-order valence-electron chi connectivity index (χ2n) is 6.53. The Balaban J connectivity index is 0.000000234. The van der Waals surface area contributed by atoms with Crippen molar-refractivity contribution in [3.63, 3.8) is 0 Å². The van der Waals surface area contributed by atoms with Crippen LogP contribution in [0.25, 0.3) is 10.9 Å². The molecule has 13 nitrogen and oxygen atoms in total. The van der Waals surface area contributed by atoms with Crippen molar-refractivity contribution in [2.45, 2.75) is 25.7 Å². The summed E-state index contributed by atoms with van der Waals surface area (Å²) in [6.07, 6.45) is 5.32.